The standard InChI is InChI=1S/C20H10Cl2N4OS2/c1-9-11(3-13(21)28-9)15-16(12-4-14(22)29-10(12)2)18-20(7-25,8-26)19(5-23,6-24)17(15)27-18/h3-4,17-18H,1-2H3/t17-,18+. The minimum atomic E-state index is -1.96. The lowest BCUT2D eigenvalue weighted by molar-refractivity contribution is 0.107. The summed E-state index contributed by atoms with van der Waals surface area (Å²) in [5.41, 5.74) is -1.18. The number of hydrogen-bond donors (Lipinski definition) is 0. The summed E-state index contributed by atoms with van der Waals surface area (Å²) >= 11 is 15.2. The Bertz CT molecular complexity index is 1140. The molecule has 0 aromatic carbocycles. The Hall–Kier alpha value is -2.36. The molecule has 2 aliphatic heterocycles. The van der Waals surface area contributed by atoms with Crippen LogP contribution >= 0.6 is 45.9 Å². The molecule has 2 aromatic heterocycles. The number of ether oxygens (including phenoxy) is 1. The van der Waals surface area contributed by atoms with Gasteiger partial charge in [-0.25, -0.2) is 0 Å². The monoisotopic (exact) mass is 456 g/mol. The minimum absolute atomic E-state index is 0.554. The molecule has 0 N–H and O–H groups in total. The maximum atomic E-state index is 9.97. The largest absolute Gasteiger partial charge is 0.360 e. The second-order valence-electron chi connectivity index (χ2n) is 6.83. The van der Waals surface area contributed by atoms with Crippen LogP contribution in [0.3, 0.4) is 0 Å². The predicted molar refractivity (Wildman–Crippen MR) is 111 cm³/mol. The molecular formula is C20H10Cl2N4OS2. The van der Waals surface area contributed by atoms with Gasteiger partial charge in [0.2, 0.25) is 10.8 Å². The zero-order chi connectivity index (χ0) is 21.1. The first-order chi connectivity index (χ1) is 13.8. The van der Waals surface area contributed by atoms with Crippen molar-refractivity contribution in [2.24, 2.45) is 10.8 Å². The van der Waals surface area contributed by atoms with Crippen molar-refractivity contribution in [2.75, 3.05) is 0 Å². The van der Waals surface area contributed by atoms with Crippen LogP contribution in [0.15, 0.2) is 12.1 Å². The topological polar surface area (TPSA) is 104 Å². The molecule has 4 heterocycles. The number of rotatable bonds is 2. The average Bonchev–Trinajstić information content (AvgIpc) is 3.40. The lowest BCUT2D eigenvalue weighted by atomic mass is 9.56. The highest BCUT2D eigenvalue weighted by Crippen LogP contribution is 2.65. The third-order valence-electron chi connectivity index (χ3n) is 5.56. The highest BCUT2D eigenvalue weighted by Gasteiger charge is 2.75. The Labute approximate surface area is 185 Å². The van der Waals surface area contributed by atoms with Gasteiger partial charge in [0.15, 0.2) is 0 Å². The lowest BCUT2D eigenvalue weighted by Crippen LogP contribution is -2.47. The van der Waals surface area contributed by atoms with Gasteiger partial charge in [-0.2, -0.15) is 21.0 Å². The van der Waals surface area contributed by atoms with E-state index in [-0.39, 0.29) is 0 Å². The van der Waals surface area contributed by atoms with Gasteiger partial charge in [-0.15, -0.1) is 22.7 Å². The van der Waals surface area contributed by atoms with E-state index >= 15 is 0 Å². The molecule has 0 unspecified atom stereocenters. The van der Waals surface area contributed by atoms with E-state index in [1.165, 1.54) is 22.7 Å². The summed E-state index contributed by atoms with van der Waals surface area (Å²) in [5.74, 6) is 0. The fourth-order valence-electron chi connectivity index (χ4n) is 4.24. The normalized spacial score (nSPS) is 23.3. The number of thiophene rings is 2. The van der Waals surface area contributed by atoms with E-state index in [4.69, 9.17) is 27.9 Å². The highest BCUT2D eigenvalue weighted by molar-refractivity contribution is 7.16. The Morgan fingerprint density at radius 2 is 1.14 bits per heavy atom. The van der Waals surface area contributed by atoms with Crippen molar-refractivity contribution in [3.05, 3.63) is 41.7 Å². The van der Waals surface area contributed by atoms with Crippen LogP contribution in [0.4, 0.5) is 0 Å². The van der Waals surface area contributed by atoms with Gasteiger partial charge in [-0.3, -0.25) is 0 Å². The van der Waals surface area contributed by atoms with Gasteiger partial charge >= 0.3 is 0 Å². The Morgan fingerprint density at radius 1 is 0.793 bits per heavy atom. The molecule has 2 atom stereocenters. The molecule has 142 valence electrons. The SMILES string of the molecule is Cc1sc(Cl)cc1C1=C(c2cc(Cl)sc2C)[C@@H]2O[C@H]1C(C#N)(C#N)C2(C#N)C#N. The molecule has 5 nitrogen and oxygen atoms in total. The molecule has 0 radical (unpaired) electrons. The number of fused-ring (bicyclic) bond motifs is 2. The third kappa shape index (κ3) is 2.32. The Morgan fingerprint density at radius 3 is 1.38 bits per heavy atom. The van der Waals surface area contributed by atoms with Crippen molar-refractivity contribution in [3.63, 3.8) is 0 Å². The second kappa shape index (κ2) is 6.58. The summed E-state index contributed by atoms with van der Waals surface area (Å²) in [7, 11) is 0. The van der Waals surface area contributed by atoms with Gasteiger partial charge in [-0.1, -0.05) is 23.2 Å². The van der Waals surface area contributed by atoms with Crippen LogP contribution < -0.4 is 0 Å². The molecule has 0 aliphatic carbocycles. The number of nitrogens with zero attached hydrogens (tertiary/aromatic N) is 4. The molecular weight excluding hydrogens is 447 g/mol. The lowest BCUT2D eigenvalue weighted by Gasteiger charge is -2.34. The highest BCUT2D eigenvalue weighted by atomic mass is 35.5. The summed E-state index contributed by atoms with van der Waals surface area (Å²) in [6.07, 6.45) is -2.11. The summed E-state index contributed by atoms with van der Waals surface area (Å²) in [5, 5.41) is 39.9. The van der Waals surface area contributed by atoms with E-state index in [0.29, 0.717) is 19.8 Å². The van der Waals surface area contributed by atoms with Crippen molar-refractivity contribution in [3.8, 4) is 24.3 Å². The first kappa shape index (κ1) is 19.9. The zero-order valence-corrected chi connectivity index (χ0v) is 18.2. The number of halogens is 2. The average molecular weight is 457 g/mol. The van der Waals surface area contributed by atoms with Crippen LogP contribution in [0.25, 0.3) is 11.1 Å². The minimum Gasteiger partial charge on any atom is -0.360 e. The summed E-state index contributed by atoms with van der Waals surface area (Å²) in [6.45, 7) is 3.77. The fourth-order valence-corrected chi connectivity index (χ4v) is 6.65. The van der Waals surface area contributed by atoms with Crippen LogP contribution in [0.1, 0.15) is 20.9 Å². The van der Waals surface area contributed by atoms with Crippen molar-refractivity contribution < 1.29 is 4.74 Å². The van der Waals surface area contributed by atoms with Crippen LogP contribution in [0.5, 0.6) is 0 Å². The van der Waals surface area contributed by atoms with Crippen LogP contribution in [-0.4, -0.2) is 12.2 Å². The van der Waals surface area contributed by atoms with Gasteiger partial charge in [0.25, 0.3) is 0 Å². The molecule has 9 heteroatoms. The molecule has 0 saturated carbocycles. The van der Waals surface area contributed by atoms with E-state index in [9.17, 15) is 21.0 Å². The molecule has 29 heavy (non-hydrogen) atoms. The van der Waals surface area contributed by atoms with E-state index in [0.717, 1.165) is 20.9 Å². The fraction of sp³-hybridized carbons (Fsp3) is 0.300. The second-order valence-corrected chi connectivity index (χ2v) is 10.6. The number of hydrogen-bond acceptors (Lipinski definition) is 7. The van der Waals surface area contributed by atoms with Crippen molar-refractivity contribution in [2.45, 2.75) is 26.1 Å². The number of aryl methyl sites for hydroxylation is 2. The molecule has 0 amide bonds. The van der Waals surface area contributed by atoms with Gasteiger partial charge in [0, 0.05) is 9.75 Å². The molecule has 2 aliphatic rings. The maximum absolute atomic E-state index is 9.97. The number of nitriles is 4. The van der Waals surface area contributed by atoms with Gasteiger partial charge in [-0.05, 0) is 48.3 Å². The third-order valence-corrected chi connectivity index (χ3v) is 7.92. The van der Waals surface area contributed by atoms with Crippen molar-refractivity contribution in [1.29, 1.82) is 21.0 Å². The summed E-state index contributed by atoms with van der Waals surface area (Å²) < 4.78 is 7.20. The Balaban J connectivity index is 2.15. The van der Waals surface area contributed by atoms with Crippen molar-refractivity contribution >= 4 is 57.0 Å². The van der Waals surface area contributed by atoms with E-state index in [1.54, 1.807) is 12.1 Å². The molecule has 2 bridgehead atoms. The first-order valence-electron chi connectivity index (χ1n) is 8.37. The molecule has 2 aromatic rings. The molecule has 1 fully saturated rings. The summed E-state index contributed by atoms with van der Waals surface area (Å²) in [6, 6.07) is 11.3. The molecule has 0 spiro atoms. The van der Waals surface area contributed by atoms with E-state index in [2.05, 4.69) is 0 Å². The van der Waals surface area contributed by atoms with Crippen LogP contribution in [0.2, 0.25) is 8.67 Å². The zero-order valence-electron chi connectivity index (χ0n) is 15.1. The van der Waals surface area contributed by atoms with Crippen LogP contribution in [-0.2, 0) is 4.74 Å². The molecule has 4 rings (SSSR count). The van der Waals surface area contributed by atoms with Crippen molar-refractivity contribution in [1.82, 2.24) is 0 Å². The Kier molecular flexibility index (Phi) is 4.52. The van der Waals surface area contributed by atoms with Gasteiger partial charge in [0.1, 0.15) is 12.2 Å². The predicted octanol–water partition coefficient (Wildman–Crippen LogP) is 5.49. The first-order valence-corrected chi connectivity index (χ1v) is 10.8. The molecule has 1 saturated heterocycles. The summed E-state index contributed by atoms with van der Waals surface area (Å²) in [4.78, 5) is 1.78. The van der Waals surface area contributed by atoms with E-state index in [1.807, 2.05) is 38.1 Å². The smallest absolute Gasteiger partial charge is 0.208 e. The van der Waals surface area contributed by atoms with Crippen LogP contribution in [0, 0.1) is 70.0 Å². The van der Waals surface area contributed by atoms with Gasteiger partial charge in [0.05, 0.1) is 32.9 Å². The van der Waals surface area contributed by atoms with Gasteiger partial charge < -0.3 is 4.74 Å². The maximum Gasteiger partial charge on any atom is 0.208 e. The quantitative estimate of drug-likeness (QED) is 0.593. The van der Waals surface area contributed by atoms with E-state index < -0.39 is 23.0 Å².